The molecule has 0 atom stereocenters. The molecule has 1 fully saturated rings. The molecule has 1 saturated heterocycles. The van der Waals surface area contributed by atoms with Crippen LogP contribution in [0.15, 0.2) is 65.3 Å². The van der Waals surface area contributed by atoms with E-state index in [9.17, 15) is 4.79 Å². The van der Waals surface area contributed by atoms with Gasteiger partial charge in [0, 0.05) is 18.8 Å². The average molecular weight is 345 g/mol. The van der Waals surface area contributed by atoms with Crippen molar-refractivity contribution in [1.29, 1.82) is 0 Å². The van der Waals surface area contributed by atoms with E-state index in [-0.39, 0.29) is 5.91 Å². The van der Waals surface area contributed by atoms with Crippen molar-refractivity contribution in [3.05, 3.63) is 65.7 Å². The second-order valence-electron chi connectivity index (χ2n) is 6.84. The summed E-state index contributed by atoms with van der Waals surface area (Å²) in [6.45, 7) is 4.15. The molecule has 132 valence electrons. The van der Waals surface area contributed by atoms with E-state index >= 15 is 0 Å². The molecule has 0 saturated carbocycles. The first-order valence-electron chi connectivity index (χ1n) is 9.24. The van der Waals surface area contributed by atoms with Crippen molar-refractivity contribution in [2.24, 2.45) is 5.10 Å². The molecular weight excluding hydrogens is 322 g/mol. The lowest BCUT2D eigenvalue weighted by molar-refractivity contribution is -0.114. The number of para-hydroxylation sites is 1. The molecule has 0 spiro atoms. The third-order valence-corrected chi connectivity index (χ3v) is 4.99. The predicted molar refractivity (Wildman–Crippen MR) is 108 cm³/mol. The van der Waals surface area contributed by atoms with E-state index < -0.39 is 0 Å². The first kappa shape index (κ1) is 16.6. The van der Waals surface area contributed by atoms with Crippen molar-refractivity contribution in [3.63, 3.8) is 0 Å². The van der Waals surface area contributed by atoms with Gasteiger partial charge in [0.1, 0.15) is 0 Å². The molecule has 4 rings (SSSR count). The highest BCUT2D eigenvalue weighted by molar-refractivity contribution is 6.32. The SMILES string of the molecule is CC1=NN(c2ccccc2)C(=O)/C1=C\c1ccc(N2CCCCC2)cc1. The second kappa shape index (κ2) is 7.16. The normalized spacial score (nSPS) is 19.2. The maximum Gasteiger partial charge on any atom is 0.280 e. The summed E-state index contributed by atoms with van der Waals surface area (Å²) in [7, 11) is 0. The molecule has 0 N–H and O–H groups in total. The Bertz CT molecular complexity index is 847. The number of hydrogen-bond acceptors (Lipinski definition) is 3. The second-order valence-corrected chi connectivity index (χ2v) is 6.84. The average Bonchev–Trinajstić information content (AvgIpc) is 2.98. The maximum atomic E-state index is 12.8. The topological polar surface area (TPSA) is 35.9 Å². The molecule has 2 aromatic rings. The van der Waals surface area contributed by atoms with Crippen molar-refractivity contribution < 1.29 is 4.79 Å². The standard InChI is InChI=1S/C22H23N3O/c1-17-21(22(26)25(23-17)20-8-4-2-5-9-20)16-18-10-12-19(13-11-18)24-14-6-3-7-15-24/h2,4-5,8-13,16H,3,6-7,14-15H2,1H3/b21-16-. The predicted octanol–water partition coefficient (Wildman–Crippen LogP) is 4.48. The molecule has 0 unspecified atom stereocenters. The minimum atomic E-state index is -0.0752. The minimum Gasteiger partial charge on any atom is -0.372 e. The number of carbonyl (C=O) groups excluding carboxylic acids is 1. The van der Waals surface area contributed by atoms with Crippen LogP contribution in [0.5, 0.6) is 0 Å². The van der Waals surface area contributed by atoms with Gasteiger partial charge >= 0.3 is 0 Å². The molecule has 26 heavy (non-hydrogen) atoms. The van der Waals surface area contributed by atoms with Crippen LogP contribution >= 0.6 is 0 Å². The number of benzene rings is 2. The largest absolute Gasteiger partial charge is 0.372 e. The van der Waals surface area contributed by atoms with E-state index in [1.165, 1.54) is 30.0 Å². The third kappa shape index (κ3) is 3.27. The Labute approximate surface area is 154 Å². The number of amides is 1. The van der Waals surface area contributed by atoms with Gasteiger partial charge in [0.15, 0.2) is 0 Å². The van der Waals surface area contributed by atoms with Gasteiger partial charge in [0.05, 0.1) is 17.0 Å². The quantitative estimate of drug-likeness (QED) is 0.769. The summed E-state index contributed by atoms with van der Waals surface area (Å²) >= 11 is 0. The lowest BCUT2D eigenvalue weighted by Gasteiger charge is -2.28. The number of hydrogen-bond donors (Lipinski definition) is 0. The van der Waals surface area contributed by atoms with Gasteiger partial charge in [-0.1, -0.05) is 30.3 Å². The first-order chi connectivity index (χ1) is 12.7. The number of anilines is 2. The fraction of sp³-hybridized carbons (Fsp3) is 0.273. The zero-order chi connectivity index (χ0) is 17.9. The summed E-state index contributed by atoms with van der Waals surface area (Å²) < 4.78 is 0. The highest BCUT2D eigenvalue weighted by Crippen LogP contribution is 2.26. The Balaban J connectivity index is 1.54. The molecule has 0 radical (unpaired) electrons. The zero-order valence-corrected chi connectivity index (χ0v) is 15.1. The molecule has 0 aliphatic carbocycles. The summed E-state index contributed by atoms with van der Waals surface area (Å²) in [4.78, 5) is 15.2. The number of piperidine rings is 1. The zero-order valence-electron chi connectivity index (χ0n) is 15.1. The molecule has 0 aromatic heterocycles. The van der Waals surface area contributed by atoms with Gasteiger partial charge in [-0.05, 0) is 62.1 Å². The van der Waals surface area contributed by atoms with Crippen LogP contribution in [0, 0.1) is 0 Å². The van der Waals surface area contributed by atoms with Crippen molar-refractivity contribution in [3.8, 4) is 0 Å². The van der Waals surface area contributed by atoms with Crippen molar-refractivity contribution in [1.82, 2.24) is 0 Å². The van der Waals surface area contributed by atoms with Crippen molar-refractivity contribution in [2.75, 3.05) is 23.0 Å². The number of rotatable bonds is 3. The Morgan fingerprint density at radius 3 is 2.27 bits per heavy atom. The van der Waals surface area contributed by atoms with Gasteiger partial charge in [0.2, 0.25) is 0 Å². The van der Waals surface area contributed by atoms with Gasteiger partial charge in [-0.15, -0.1) is 0 Å². The fourth-order valence-corrected chi connectivity index (χ4v) is 3.53. The van der Waals surface area contributed by atoms with Gasteiger partial charge in [-0.3, -0.25) is 4.79 Å². The Morgan fingerprint density at radius 2 is 1.58 bits per heavy atom. The summed E-state index contributed by atoms with van der Waals surface area (Å²) in [6.07, 6.45) is 5.81. The monoisotopic (exact) mass is 345 g/mol. The molecule has 4 heteroatoms. The molecule has 2 aliphatic rings. The van der Waals surface area contributed by atoms with E-state index in [0.717, 1.165) is 30.1 Å². The van der Waals surface area contributed by atoms with Gasteiger partial charge in [-0.25, -0.2) is 0 Å². The van der Waals surface area contributed by atoms with Crippen LogP contribution in [-0.2, 0) is 4.79 Å². The smallest absolute Gasteiger partial charge is 0.280 e. The molecule has 1 amide bonds. The summed E-state index contributed by atoms with van der Waals surface area (Å²) in [5.74, 6) is -0.0752. The number of hydrazone groups is 1. The molecule has 2 aliphatic heterocycles. The molecular formula is C22H23N3O. The number of nitrogens with zero attached hydrogens (tertiary/aromatic N) is 3. The van der Waals surface area contributed by atoms with E-state index in [2.05, 4.69) is 34.3 Å². The van der Waals surface area contributed by atoms with Gasteiger partial charge in [-0.2, -0.15) is 10.1 Å². The summed E-state index contributed by atoms with van der Waals surface area (Å²) in [6, 6.07) is 18.0. The molecule has 4 nitrogen and oxygen atoms in total. The lowest BCUT2D eigenvalue weighted by atomic mass is 10.1. The summed E-state index contributed by atoms with van der Waals surface area (Å²) in [5, 5.41) is 5.91. The first-order valence-corrected chi connectivity index (χ1v) is 9.24. The van der Waals surface area contributed by atoms with E-state index in [0.29, 0.717) is 5.57 Å². The van der Waals surface area contributed by atoms with E-state index in [1.807, 2.05) is 43.3 Å². The Hall–Kier alpha value is -2.88. The van der Waals surface area contributed by atoms with Crippen LogP contribution in [0.25, 0.3) is 6.08 Å². The Morgan fingerprint density at radius 1 is 0.885 bits per heavy atom. The van der Waals surface area contributed by atoms with Crippen LogP contribution in [-0.4, -0.2) is 24.7 Å². The highest BCUT2D eigenvalue weighted by atomic mass is 16.2. The van der Waals surface area contributed by atoms with Crippen LogP contribution in [0.2, 0.25) is 0 Å². The van der Waals surface area contributed by atoms with Crippen LogP contribution in [0.1, 0.15) is 31.7 Å². The summed E-state index contributed by atoms with van der Waals surface area (Å²) in [5.41, 5.74) is 4.48. The van der Waals surface area contributed by atoms with Crippen LogP contribution in [0.4, 0.5) is 11.4 Å². The minimum absolute atomic E-state index is 0.0752. The number of carbonyl (C=O) groups is 1. The van der Waals surface area contributed by atoms with E-state index in [4.69, 9.17) is 0 Å². The van der Waals surface area contributed by atoms with Gasteiger partial charge in [0.25, 0.3) is 5.91 Å². The maximum absolute atomic E-state index is 12.8. The molecule has 0 bridgehead atoms. The highest BCUT2D eigenvalue weighted by Gasteiger charge is 2.28. The third-order valence-electron chi connectivity index (χ3n) is 4.99. The fourth-order valence-electron chi connectivity index (χ4n) is 3.53. The van der Waals surface area contributed by atoms with Crippen LogP contribution in [0.3, 0.4) is 0 Å². The van der Waals surface area contributed by atoms with Crippen molar-refractivity contribution in [2.45, 2.75) is 26.2 Å². The molecule has 2 heterocycles. The van der Waals surface area contributed by atoms with E-state index in [1.54, 1.807) is 0 Å². The lowest BCUT2D eigenvalue weighted by Crippen LogP contribution is -2.29. The van der Waals surface area contributed by atoms with Crippen molar-refractivity contribution >= 4 is 29.1 Å². The Kier molecular flexibility index (Phi) is 4.57. The van der Waals surface area contributed by atoms with Crippen LogP contribution < -0.4 is 9.91 Å². The molecule has 2 aromatic carbocycles. The van der Waals surface area contributed by atoms with Gasteiger partial charge < -0.3 is 4.90 Å².